The van der Waals surface area contributed by atoms with E-state index in [1.807, 2.05) is 12.3 Å². The van der Waals surface area contributed by atoms with Crippen LogP contribution in [0, 0.1) is 17.8 Å². The van der Waals surface area contributed by atoms with E-state index in [1.54, 1.807) is 0 Å². The Morgan fingerprint density at radius 3 is 2.63 bits per heavy atom. The standard InChI is InChI=1S/C17H28N2/c1-12(2)15-9-8-13(3)11-17(15)19-14(4)16-7-5-6-10-18-16/h5-7,10,12-15,17,19H,8-9,11H2,1-4H3/t13?,14-,15?,17?/m1/s1. The van der Waals surface area contributed by atoms with Crippen molar-refractivity contribution in [2.45, 2.75) is 59.0 Å². The minimum Gasteiger partial charge on any atom is -0.306 e. The van der Waals surface area contributed by atoms with Gasteiger partial charge in [0.1, 0.15) is 0 Å². The molecule has 1 aliphatic carbocycles. The maximum Gasteiger partial charge on any atom is 0.0570 e. The highest BCUT2D eigenvalue weighted by atomic mass is 15.0. The third-order valence-corrected chi connectivity index (χ3v) is 4.62. The highest BCUT2D eigenvalue weighted by Gasteiger charge is 2.31. The molecular formula is C17H28N2. The fourth-order valence-electron chi connectivity index (χ4n) is 3.43. The number of pyridine rings is 1. The molecule has 0 spiro atoms. The second-order valence-electron chi connectivity index (χ2n) is 6.58. The van der Waals surface area contributed by atoms with Crippen LogP contribution in [0.1, 0.15) is 58.7 Å². The molecule has 2 heteroatoms. The van der Waals surface area contributed by atoms with Gasteiger partial charge in [-0.05, 0) is 49.7 Å². The van der Waals surface area contributed by atoms with Gasteiger partial charge in [0, 0.05) is 18.3 Å². The van der Waals surface area contributed by atoms with Crippen LogP contribution in [0.4, 0.5) is 0 Å². The van der Waals surface area contributed by atoms with E-state index in [2.05, 4.69) is 50.1 Å². The maximum absolute atomic E-state index is 4.47. The van der Waals surface area contributed by atoms with Gasteiger partial charge in [-0.3, -0.25) is 4.98 Å². The van der Waals surface area contributed by atoms with Crippen LogP contribution in [0.15, 0.2) is 24.4 Å². The molecule has 0 aromatic carbocycles. The number of hydrogen-bond acceptors (Lipinski definition) is 2. The van der Waals surface area contributed by atoms with Crippen molar-refractivity contribution in [1.82, 2.24) is 10.3 Å². The van der Waals surface area contributed by atoms with E-state index in [4.69, 9.17) is 0 Å². The van der Waals surface area contributed by atoms with Crippen molar-refractivity contribution in [3.63, 3.8) is 0 Å². The number of hydrogen-bond donors (Lipinski definition) is 1. The van der Waals surface area contributed by atoms with E-state index in [0.717, 1.165) is 23.4 Å². The van der Waals surface area contributed by atoms with Crippen LogP contribution in [0.2, 0.25) is 0 Å². The molecule has 3 unspecified atom stereocenters. The number of aromatic nitrogens is 1. The quantitative estimate of drug-likeness (QED) is 0.878. The Hall–Kier alpha value is -0.890. The van der Waals surface area contributed by atoms with Crippen LogP contribution in [0.25, 0.3) is 0 Å². The molecule has 1 aromatic rings. The van der Waals surface area contributed by atoms with Gasteiger partial charge in [0.15, 0.2) is 0 Å². The summed E-state index contributed by atoms with van der Waals surface area (Å²) in [6.45, 7) is 9.34. The Bertz CT molecular complexity index is 374. The molecule has 1 aliphatic rings. The first kappa shape index (κ1) is 14.5. The summed E-state index contributed by atoms with van der Waals surface area (Å²) in [5, 5.41) is 3.83. The van der Waals surface area contributed by atoms with Gasteiger partial charge < -0.3 is 5.32 Å². The summed E-state index contributed by atoms with van der Waals surface area (Å²) in [5.74, 6) is 2.42. The van der Waals surface area contributed by atoms with Gasteiger partial charge in [0.05, 0.1) is 5.69 Å². The number of nitrogens with zero attached hydrogens (tertiary/aromatic N) is 1. The number of rotatable bonds is 4. The monoisotopic (exact) mass is 260 g/mol. The molecule has 0 amide bonds. The molecule has 0 aliphatic heterocycles. The summed E-state index contributed by atoms with van der Waals surface area (Å²) in [6.07, 6.45) is 5.95. The molecule has 0 bridgehead atoms. The minimum atomic E-state index is 0.345. The van der Waals surface area contributed by atoms with Crippen molar-refractivity contribution < 1.29 is 0 Å². The fraction of sp³-hybridized carbons (Fsp3) is 0.706. The summed E-state index contributed by atoms with van der Waals surface area (Å²) in [7, 11) is 0. The van der Waals surface area contributed by atoms with Gasteiger partial charge in [-0.1, -0.05) is 33.3 Å². The van der Waals surface area contributed by atoms with E-state index < -0.39 is 0 Å². The van der Waals surface area contributed by atoms with Crippen LogP contribution in [-0.2, 0) is 0 Å². The van der Waals surface area contributed by atoms with Gasteiger partial charge in [-0.15, -0.1) is 0 Å². The van der Waals surface area contributed by atoms with E-state index >= 15 is 0 Å². The first-order valence-corrected chi connectivity index (χ1v) is 7.75. The Morgan fingerprint density at radius 2 is 2.00 bits per heavy atom. The Balaban J connectivity index is 2.02. The molecule has 106 valence electrons. The van der Waals surface area contributed by atoms with E-state index in [9.17, 15) is 0 Å². The Kier molecular flexibility index (Phi) is 4.98. The molecule has 1 N–H and O–H groups in total. The minimum absolute atomic E-state index is 0.345. The van der Waals surface area contributed by atoms with E-state index in [0.29, 0.717) is 12.1 Å². The summed E-state index contributed by atoms with van der Waals surface area (Å²) in [5.41, 5.74) is 1.16. The molecule has 0 radical (unpaired) electrons. The average molecular weight is 260 g/mol. The molecule has 1 fully saturated rings. The second-order valence-corrected chi connectivity index (χ2v) is 6.58. The van der Waals surface area contributed by atoms with Crippen molar-refractivity contribution in [2.75, 3.05) is 0 Å². The lowest BCUT2D eigenvalue weighted by Gasteiger charge is -2.39. The van der Waals surface area contributed by atoms with Crippen molar-refractivity contribution in [3.8, 4) is 0 Å². The van der Waals surface area contributed by atoms with Crippen LogP contribution in [0.5, 0.6) is 0 Å². The van der Waals surface area contributed by atoms with Crippen LogP contribution in [0.3, 0.4) is 0 Å². The van der Waals surface area contributed by atoms with Crippen molar-refractivity contribution >= 4 is 0 Å². The molecule has 0 saturated heterocycles. The van der Waals surface area contributed by atoms with Crippen molar-refractivity contribution in [1.29, 1.82) is 0 Å². The molecular weight excluding hydrogens is 232 g/mol. The van der Waals surface area contributed by atoms with Gasteiger partial charge in [0.2, 0.25) is 0 Å². The summed E-state index contributed by atoms with van der Waals surface area (Å²) in [6, 6.07) is 7.16. The van der Waals surface area contributed by atoms with E-state index in [1.165, 1.54) is 19.3 Å². The molecule has 1 heterocycles. The Labute approximate surface area is 118 Å². The molecule has 4 atom stereocenters. The molecule has 1 saturated carbocycles. The van der Waals surface area contributed by atoms with Gasteiger partial charge >= 0.3 is 0 Å². The lowest BCUT2D eigenvalue weighted by molar-refractivity contribution is 0.160. The third kappa shape index (κ3) is 3.79. The molecule has 2 nitrogen and oxygen atoms in total. The average Bonchev–Trinajstić information content (AvgIpc) is 2.39. The van der Waals surface area contributed by atoms with E-state index in [-0.39, 0.29) is 0 Å². The summed E-state index contributed by atoms with van der Waals surface area (Å²) < 4.78 is 0. The topological polar surface area (TPSA) is 24.9 Å². The highest BCUT2D eigenvalue weighted by molar-refractivity contribution is 5.08. The zero-order valence-corrected chi connectivity index (χ0v) is 12.8. The van der Waals surface area contributed by atoms with Crippen LogP contribution < -0.4 is 5.32 Å². The van der Waals surface area contributed by atoms with Crippen molar-refractivity contribution in [3.05, 3.63) is 30.1 Å². The second kappa shape index (κ2) is 6.51. The number of nitrogens with one attached hydrogen (secondary N) is 1. The molecule has 19 heavy (non-hydrogen) atoms. The van der Waals surface area contributed by atoms with Gasteiger partial charge in [-0.25, -0.2) is 0 Å². The normalized spacial score (nSPS) is 29.4. The zero-order valence-electron chi connectivity index (χ0n) is 12.8. The van der Waals surface area contributed by atoms with Crippen molar-refractivity contribution in [2.24, 2.45) is 17.8 Å². The summed E-state index contributed by atoms with van der Waals surface area (Å²) in [4.78, 5) is 4.47. The van der Waals surface area contributed by atoms with Crippen LogP contribution in [-0.4, -0.2) is 11.0 Å². The van der Waals surface area contributed by atoms with Gasteiger partial charge in [0.25, 0.3) is 0 Å². The molecule has 2 rings (SSSR count). The largest absolute Gasteiger partial charge is 0.306 e. The third-order valence-electron chi connectivity index (χ3n) is 4.62. The summed E-state index contributed by atoms with van der Waals surface area (Å²) >= 11 is 0. The fourth-order valence-corrected chi connectivity index (χ4v) is 3.43. The SMILES string of the molecule is CC1CCC(C(C)C)C(N[C@H](C)c2ccccn2)C1. The predicted molar refractivity (Wildman–Crippen MR) is 80.9 cm³/mol. The lowest BCUT2D eigenvalue weighted by atomic mass is 9.74. The van der Waals surface area contributed by atoms with Gasteiger partial charge in [-0.2, -0.15) is 0 Å². The molecule has 1 aromatic heterocycles. The maximum atomic E-state index is 4.47. The van der Waals surface area contributed by atoms with Crippen LogP contribution >= 0.6 is 0 Å². The first-order valence-electron chi connectivity index (χ1n) is 7.75. The smallest absolute Gasteiger partial charge is 0.0570 e. The zero-order chi connectivity index (χ0) is 13.8. The lowest BCUT2D eigenvalue weighted by Crippen LogP contribution is -2.44. The Morgan fingerprint density at radius 1 is 1.21 bits per heavy atom. The first-order chi connectivity index (χ1) is 9.08. The highest BCUT2D eigenvalue weighted by Crippen LogP contribution is 2.34. The predicted octanol–water partition coefficient (Wildman–Crippen LogP) is 4.19.